The first-order chi connectivity index (χ1) is 9.72. The maximum atomic E-state index is 6.04. The third-order valence-corrected chi connectivity index (χ3v) is 3.66. The van der Waals surface area contributed by atoms with Gasteiger partial charge in [-0.3, -0.25) is 4.98 Å². The van der Waals surface area contributed by atoms with E-state index >= 15 is 0 Å². The van der Waals surface area contributed by atoms with E-state index in [0.29, 0.717) is 11.7 Å². The number of pyridine rings is 2. The van der Waals surface area contributed by atoms with Crippen LogP contribution in [-0.2, 0) is 6.54 Å². The quantitative estimate of drug-likeness (QED) is 0.700. The molecule has 1 N–H and O–H groups in total. The molecule has 0 saturated heterocycles. The highest BCUT2D eigenvalue weighted by molar-refractivity contribution is 9.10. The molecule has 0 amide bonds. The zero-order valence-electron chi connectivity index (χ0n) is 10.5. The minimum atomic E-state index is 0.453. The van der Waals surface area contributed by atoms with Crippen molar-refractivity contribution in [3.05, 3.63) is 64.0 Å². The Bertz CT molecular complexity index is 761. The summed E-state index contributed by atoms with van der Waals surface area (Å²) in [5, 5.41) is 4.84. The van der Waals surface area contributed by atoms with Gasteiger partial charge in [-0.2, -0.15) is 0 Å². The van der Waals surface area contributed by atoms with Crippen molar-refractivity contribution in [3.63, 3.8) is 0 Å². The van der Waals surface area contributed by atoms with Gasteiger partial charge in [-0.15, -0.1) is 0 Å². The van der Waals surface area contributed by atoms with Crippen LogP contribution in [0.3, 0.4) is 0 Å². The van der Waals surface area contributed by atoms with E-state index in [1.54, 1.807) is 6.20 Å². The number of rotatable bonds is 3. The predicted octanol–water partition coefficient (Wildman–Crippen LogP) is 4.66. The van der Waals surface area contributed by atoms with E-state index in [-0.39, 0.29) is 0 Å². The van der Waals surface area contributed by atoms with Crippen LogP contribution in [0.15, 0.2) is 53.1 Å². The van der Waals surface area contributed by atoms with Crippen molar-refractivity contribution >= 4 is 44.1 Å². The molecule has 2 aromatic heterocycles. The van der Waals surface area contributed by atoms with Gasteiger partial charge in [0.15, 0.2) is 5.15 Å². The van der Waals surface area contributed by atoms with Gasteiger partial charge in [0.1, 0.15) is 0 Å². The first-order valence-corrected chi connectivity index (χ1v) is 7.29. The maximum Gasteiger partial charge on any atom is 0.152 e. The standard InChI is InChI=1S/C15H11BrClN3/c16-11-7-14(15(17)19-8-11)18-9-12-6-5-10-3-1-2-4-13(10)20-12/h1-8,18H,9H2. The molecule has 0 spiro atoms. The van der Waals surface area contributed by atoms with E-state index in [1.165, 1.54) is 0 Å². The minimum Gasteiger partial charge on any atom is -0.377 e. The number of nitrogens with zero attached hydrogens (tertiary/aromatic N) is 2. The SMILES string of the molecule is Clc1ncc(Br)cc1NCc1ccc2ccccc2n1. The Morgan fingerprint density at radius 3 is 2.90 bits per heavy atom. The molecule has 3 aromatic rings. The number of halogens is 2. The van der Waals surface area contributed by atoms with Gasteiger partial charge >= 0.3 is 0 Å². The number of para-hydroxylation sites is 1. The molecule has 0 atom stereocenters. The fourth-order valence-electron chi connectivity index (χ4n) is 1.94. The van der Waals surface area contributed by atoms with Crippen molar-refractivity contribution in [3.8, 4) is 0 Å². The number of aromatic nitrogens is 2. The first-order valence-electron chi connectivity index (χ1n) is 6.12. The second kappa shape index (κ2) is 5.77. The Hall–Kier alpha value is -1.65. The monoisotopic (exact) mass is 347 g/mol. The van der Waals surface area contributed by atoms with Crippen molar-refractivity contribution in [2.24, 2.45) is 0 Å². The molecular weight excluding hydrogens is 338 g/mol. The minimum absolute atomic E-state index is 0.453. The highest BCUT2D eigenvalue weighted by Crippen LogP contribution is 2.23. The van der Waals surface area contributed by atoms with E-state index < -0.39 is 0 Å². The van der Waals surface area contributed by atoms with Gasteiger partial charge in [-0.25, -0.2) is 4.98 Å². The van der Waals surface area contributed by atoms with Gasteiger partial charge in [0.25, 0.3) is 0 Å². The van der Waals surface area contributed by atoms with E-state index in [1.807, 2.05) is 30.3 Å². The molecule has 0 aliphatic heterocycles. The molecule has 2 heterocycles. The van der Waals surface area contributed by atoms with Crippen molar-refractivity contribution in [1.82, 2.24) is 9.97 Å². The Morgan fingerprint density at radius 1 is 1.15 bits per heavy atom. The molecule has 3 rings (SSSR count). The second-order valence-electron chi connectivity index (χ2n) is 4.34. The lowest BCUT2D eigenvalue weighted by molar-refractivity contribution is 1.06. The molecular formula is C15H11BrClN3. The zero-order valence-corrected chi connectivity index (χ0v) is 12.8. The molecule has 0 fully saturated rings. The third kappa shape index (κ3) is 2.92. The molecule has 0 unspecified atom stereocenters. The van der Waals surface area contributed by atoms with Crippen LogP contribution in [0.1, 0.15) is 5.69 Å². The van der Waals surface area contributed by atoms with Crippen molar-refractivity contribution in [2.45, 2.75) is 6.54 Å². The summed E-state index contributed by atoms with van der Waals surface area (Å²) in [6.07, 6.45) is 1.67. The first kappa shape index (κ1) is 13.3. The number of nitrogens with one attached hydrogen (secondary N) is 1. The lowest BCUT2D eigenvalue weighted by Crippen LogP contribution is -2.02. The predicted molar refractivity (Wildman–Crippen MR) is 86.0 cm³/mol. The second-order valence-corrected chi connectivity index (χ2v) is 5.61. The van der Waals surface area contributed by atoms with Crippen LogP contribution in [0.4, 0.5) is 5.69 Å². The van der Waals surface area contributed by atoms with Crippen LogP contribution < -0.4 is 5.32 Å². The topological polar surface area (TPSA) is 37.8 Å². The maximum absolute atomic E-state index is 6.04. The average molecular weight is 349 g/mol. The van der Waals surface area contributed by atoms with E-state index in [9.17, 15) is 0 Å². The summed E-state index contributed by atoms with van der Waals surface area (Å²) in [7, 11) is 0. The van der Waals surface area contributed by atoms with Gasteiger partial charge in [0, 0.05) is 16.1 Å². The van der Waals surface area contributed by atoms with Gasteiger partial charge in [-0.1, -0.05) is 35.9 Å². The smallest absolute Gasteiger partial charge is 0.152 e. The summed E-state index contributed by atoms with van der Waals surface area (Å²) in [6, 6.07) is 14.0. The summed E-state index contributed by atoms with van der Waals surface area (Å²) in [4.78, 5) is 8.68. The van der Waals surface area contributed by atoms with E-state index in [2.05, 4.69) is 43.3 Å². The lowest BCUT2D eigenvalue weighted by Gasteiger charge is -2.08. The molecule has 20 heavy (non-hydrogen) atoms. The van der Waals surface area contributed by atoms with Crippen LogP contribution in [0.5, 0.6) is 0 Å². The van der Waals surface area contributed by atoms with E-state index in [0.717, 1.165) is 26.8 Å². The number of hydrogen-bond donors (Lipinski definition) is 1. The number of anilines is 1. The van der Waals surface area contributed by atoms with Crippen molar-refractivity contribution in [2.75, 3.05) is 5.32 Å². The summed E-state index contributed by atoms with van der Waals surface area (Å²) < 4.78 is 0.885. The van der Waals surface area contributed by atoms with Crippen molar-refractivity contribution < 1.29 is 0 Å². The normalized spacial score (nSPS) is 10.7. The Kier molecular flexibility index (Phi) is 3.85. The lowest BCUT2D eigenvalue weighted by atomic mass is 10.2. The number of hydrogen-bond acceptors (Lipinski definition) is 3. The molecule has 3 nitrogen and oxygen atoms in total. The number of benzene rings is 1. The van der Waals surface area contributed by atoms with Crippen LogP contribution >= 0.6 is 27.5 Å². The number of fused-ring (bicyclic) bond motifs is 1. The molecule has 100 valence electrons. The fourth-order valence-corrected chi connectivity index (χ4v) is 2.44. The third-order valence-electron chi connectivity index (χ3n) is 2.92. The average Bonchev–Trinajstić information content (AvgIpc) is 2.48. The van der Waals surface area contributed by atoms with Crippen LogP contribution in [0, 0.1) is 0 Å². The van der Waals surface area contributed by atoms with Gasteiger partial charge in [0.05, 0.1) is 23.4 Å². The Morgan fingerprint density at radius 2 is 2.00 bits per heavy atom. The van der Waals surface area contributed by atoms with Gasteiger partial charge in [0.2, 0.25) is 0 Å². The largest absolute Gasteiger partial charge is 0.377 e. The zero-order chi connectivity index (χ0) is 13.9. The molecule has 0 radical (unpaired) electrons. The Balaban J connectivity index is 1.81. The molecule has 1 aromatic carbocycles. The van der Waals surface area contributed by atoms with Gasteiger partial charge in [-0.05, 0) is 34.1 Å². The summed E-state index contributed by atoms with van der Waals surface area (Å²) in [6.45, 7) is 0.600. The Labute approximate surface area is 130 Å². The fraction of sp³-hybridized carbons (Fsp3) is 0.0667. The van der Waals surface area contributed by atoms with Crippen molar-refractivity contribution in [1.29, 1.82) is 0 Å². The highest BCUT2D eigenvalue weighted by Gasteiger charge is 2.03. The summed E-state index contributed by atoms with van der Waals surface area (Å²) >= 11 is 9.42. The summed E-state index contributed by atoms with van der Waals surface area (Å²) in [5.74, 6) is 0. The summed E-state index contributed by atoms with van der Waals surface area (Å²) in [5.41, 5.74) is 2.74. The van der Waals surface area contributed by atoms with Crippen LogP contribution in [-0.4, -0.2) is 9.97 Å². The molecule has 0 bridgehead atoms. The van der Waals surface area contributed by atoms with Crippen LogP contribution in [0.25, 0.3) is 10.9 Å². The van der Waals surface area contributed by atoms with E-state index in [4.69, 9.17) is 11.6 Å². The van der Waals surface area contributed by atoms with Crippen LogP contribution in [0.2, 0.25) is 5.15 Å². The molecule has 0 aliphatic rings. The molecule has 0 aliphatic carbocycles. The van der Waals surface area contributed by atoms with Gasteiger partial charge < -0.3 is 5.32 Å². The molecule has 0 saturated carbocycles. The highest BCUT2D eigenvalue weighted by atomic mass is 79.9. The molecule has 5 heteroatoms.